The van der Waals surface area contributed by atoms with Crippen LogP contribution in [0.1, 0.15) is 22.5 Å². The van der Waals surface area contributed by atoms with Gasteiger partial charge in [0.1, 0.15) is 0 Å². The molecule has 0 bridgehead atoms. The van der Waals surface area contributed by atoms with Crippen molar-refractivity contribution in [1.29, 1.82) is 0 Å². The molecule has 1 aromatic carbocycles. The van der Waals surface area contributed by atoms with Gasteiger partial charge in [0.15, 0.2) is 0 Å². The average Bonchev–Trinajstić information content (AvgIpc) is 2.97. The molecule has 3 heterocycles. The van der Waals surface area contributed by atoms with Crippen molar-refractivity contribution in [1.82, 2.24) is 9.97 Å². The first-order chi connectivity index (χ1) is 13.3. The predicted molar refractivity (Wildman–Crippen MR) is 98.5 cm³/mol. The van der Waals surface area contributed by atoms with Gasteiger partial charge in [-0.2, -0.15) is 13.2 Å². The molecule has 0 unspecified atom stereocenters. The maximum absolute atomic E-state index is 13.0. The van der Waals surface area contributed by atoms with Crippen LogP contribution >= 0.6 is 0 Å². The molecule has 1 aliphatic rings. The van der Waals surface area contributed by atoms with Gasteiger partial charge in [0.2, 0.25) is 5.91 Å². The second-order valence-corrected chi connectivity index (χ2v) is 6.67. The van der Waals surface area contributed by atoms with Gasteiger partial charge in [-0.05, 0) is 42.3 Å². The summed E-state index contributed by atoms with van der Waals surface area (Å²) in [5.41, 5.74) is 3.21. The van der Waals surface area contributed by atoms with E-state index in [-0.39, 0.29) is 12.3 Å². The summed E-state index contributed by atoms with van der Waals surface area (Å²) in [7, 11) is 0. The van der Waals surface area contributed by atoms with Crippen LogP contribution in [0.15, 0.2) is 54.9 Å². The number of carbonyl (C=O) groups is 1. The number of hydrogen-bond donors (Lipinski definition) is 0. The Bertz CT molecular complexity index is 1060. The average molecular weight is 383 g/mol. The molecule has 2 aromatic heterocycles. The highest BCUT2D eigenvalue weighted by Gasteiger charge is 2.31. The van der Waals surface area contributed by atoms with Crippen LogP contribution in [0.25, 0.3) is 11.1 Å². The zero-order chi connectivity index (χ0) is 19.9. The lowest BCUT2D eigenvalue weighted by atomic mass is 10.0. The highest BCUT2D eigenvalue weighted by atomic mass is 19.4. The Balaban J connectivity index is 1.71. The molecule has 4 rings (SSSR count). The molecule has 0 aliphatic carbocycles. The Morgan fingerprint density at radius 1 is 1.07 bits per heavy atom. The van der Waals surface area contributed by atoms with Crippen LogP contribution in [0.2, 0.25) is 0 Å². The molecule has 1 aliphatic heterocycles. The van der Waals surface area contributed by atoms with Crippen LogP contribution in [0.4, 0.5) is 18.9 Å². The number of benzene rings is 1. The summed E-state index contributed by atoms with van der Waals surface area (Å²) < 4.78 is 39.1. The summed E-state index contributed by atoms with van der Waals surface area (Å²) in [6.45, 7) is 2.22. The van der Waals surface area contributed by atoms with Crippen LogP contribution in [-0.4, -0.2) is 15.9 Å². The maximum Gasteiger partial charge on any atom is 0.416 e. The highest BCUT2D eigenvalue weighted by molar-refractivity contribution is 6.01. The second kappa shape index (κ2) is 6.74. The van der Waals surface area contributed by atoms with Gasteiger partial charge >= 0.3 is 6.18 Å². The van der Waals surface area contributed by atoms with E-state index in [9.17, 15) is 18.0 Å². The van der Waals surface area contributed by atoms with E-state index in [4.69, 9.17) is 0 Å². The summed E-state index contributed by atoms with van der Waals surface area (Å²) in [6.07, 6.45) is -1.04. The van der Waals surface area contributed by atoms with Gasteiger partial charge in [-0.1, -0.05) is 18.2 Å². The number of anilines is 1. The molecule has 4 nitrogen and oxygen atoms in total. The van der Waals surface area contributed by atoms with Crippen molar-refractivity contribution in [3.05, 3.63) is 77.4 Å². The molecule has 0 saturated carbocycles. The van der Waals surface area contributed by atoms with E-state index < -0.39 is 11.7 Å². The van der Waals surface area contributed by atoms with E-state index in [1.807, 2.05) is 13.0 Å². The number of halogens is 3. The third-order valence-electron chi connectivity index (χ3n) is 4.83. The van der Waals surface area contributed by atoms with Crippen LogP contribution in [0.3, 0.4) is 0 Å². The lowest BCUT2D eigenvalue weighted by molar-refractivity contribution is -0.137. The zero-order valence-electron chi connectivity index (χ0n) is 15.0. The maximum atomic E-state index is 13.0. The van der Waals surface area contributed by atoms with Crippen molar-refractivity contribution in [3.63, 3.8) is 0 Å². The Labute approximate surface area is 159 Å². The molecule has 28 heavy (non-hydrogen) atoms. The fraction of sp³-hybridized carbons (Fsp3) is 0.190. The molecule has 0 radical (unpaired) electrons. The molecule has 0 N–H and O–H groups in total. The summed E-state index contributed by atoms with van der Waals surface area (Å²) in [6, 6.07) is 10.5. The fourth-order valence-corrected chi connectivity index (χ4v) is 3.29. The van der Waals surface area contributed by atoms with Crippen molar-refractivity contribution in [2.75, 3.05) is 4.90 Å². The number of fused-ring (bicyclic) bond motifs is 1. The van der Waals surface area contributed by atoms with Crippen molar-refractivity contribution in [3.8, 4) is 11.1 Å². The first-order valence-electron chi connectivity index (χ1n) is 8.70. The normalized spacial score (nSPS) is 13.7. The van der Waals surface area contributed by atoms with E-state index in [2.05, 4.69) is 9.97 Å². The second-order valence-electron chi connectivity index (χ2n) is 6.67. The number of alkyl halides is 3. The van der Waals surface area contributed by atoms with E-state index in [1.54, 1.807) is 29.3 Å². The summed E-state index contributed by atoms with van der Waals surface area (Å²) in [5, 5.41) is 0. The van der Waals surface area contributed by atoms with Gasteiger partial charge < -0.3 is 4.90 Å². The smallest absolute Gasteiger partial charge is 0.306 e. The Morgan fingerprint density at radius 2 is 1.89 bits per heavy atom. The van der Waals surface area contributed by atoms with Crippen molar-refractivity contribution < 1.29 is 18.0 Å². The summed E-state index contributed by atoms with van der Waals surface area (Å²) in [4.78, 5) is 22.7. The minimum Gasteiger partial charge on any atom is -0.306 e. The Hall–Kier alpha value is -3.22. The van der Waals surface area contributed by atoms with Gasteiger partial charge in [0.25, 0.3) is 0 Å². The molecular weight excluding hydrogens is 367 g/mol. The van der Waals surface area contributed by atoms with Gasteiger partial charge in [-0.3, -0.25) is 14.8 Å². The topological polar surface area (TPSA) is 46.1 Å². The molecular formula is C21H16F3N3O. The first kappa shape index (κ1) is 18.2. The monoisotopic (exact) mass is 383 g/mol. The summed E-state index contributed by atoms with van der Waals surface area (Å²) >= 11 is 0. The third-order valence-corrected chi connectivity index (χ3v) is 4.83. The molecule has 0 saturated heterocycles. The van der Waals surface area contributed by atoms with Crippen LogP contribution in [0.5, 0.6) is 0 Å². The van der Waals surface area contributed by atoms with Gasteiger partial charge in [-0.25, -0.2) is 0 Å². The number of aryl methyl sites for hydroxylation is 1. The fourth-order valence-electron chi connectivity index (χ4n) is 3.29. The number of pyridine rings is 2. The zero-order valence-corrected chi connectivity index (χ0v) is 15.0. The van der Waals surface area contributed by atoms with Crippen molar-refractivity contribution >= 4 is 11.6 Å². The lowest BCUT2D eigenvalue weighted by Gasteiger charge is -2.19. The number of nitrogens with zero attached hydrogens (tertiary/aromatic N) is 3. The molecule has 3 aromatic rings. The van der Waals surface area contributed by atoms with Crippen LogP contribution in [0, 0.1) is 6.92 Å². The van der Waals surface area contributed by atoms with Gasteiger partial charge in [0.05, 0.1) is 29.9 Å². The van der Waals surface area contributed by atoms with Gasteiger partial charge in [-0.15, -0.1) is 0 Å². The number of amides is 1. The number of aromatic nitrogens is 2. The number of rotatable bonds is 3. The minimum absolute atomic E-state index is 0.0908. The van der Waals surface area contributed by atoms with Crippen LogP contribution in [-0.2, 0) is 23.9 Å². The molecule has 0 fully saturated rings. The van der Waals surface area contributed by atoms with E-state index in [0.29, 0.717) is 29.1 Å². The number of carbonyl (C=O) groups excluding carboxylic acids is 1. The standard InChI is InChI=1S/C21H16F3N3O/c1-13-15(5-3-7-25-13)12-27-19-9-16(11-26-18(19)10-20(27)28)14-4-2-6-17(8-14)21(22,23)24/h2-9,11H,10,12H2,1H3. The molecule has 0 atom stereocenters. The largest absolute Gasteiger partial charge is 0.416 e. The van der Waals surface area contributed by atoms with E-state index >= 15 is 0 Å². The van der Waals surface area contributed by atoms with Gasteiger partial charge in [0, 0.05) is 23.7 Å². The lowest BCUT2D eigenvalue weighted by Crippen LogP contribution is -2.26. The first-order valence-corrected chi connectivity index (χ1v) is 8.70. The Kier molecular flexibility index (Phi) is 4.37. The predicted octanol–water partition coefficient (Wildman–Crippen LogP) is 4.56. The molecule has 142 valence electrons. The highest BCUT2D eigenvalue weighted by Crippen LogP contribution is 2.35. The molecule has 0 spiro atoms. The summed E-state index contributed by atoms with van der Waals surface area (Å²) in [5.74, 6) is -0.0908. The number of hydrogen-bond acceptors (Lipinski definition) is 3. The SMILES string of the molecule is Cc1ncccc1CN1C(=O)Cc2ncc(-c3cccc(C(F)(F)F)c3)cc21. The van der Waals surface area contributed by atoms with E-state index in [0.717, 1.165) is 23.4 Å². The van der Waals surface area contributed by atoms with Crippen LogP contribution < -0.4 is 4.90 Å². The molecule has 1 amide bonds. The van der Waals surface area contributed by atoms with Crippen molar-refractivity contribution in [2.24, 2.45) is 0 Å². The van der Waals surface area contributed by atoms with Crippen molar-refractivity contribution in [2.45, 2.75) is 26.1 Å². The third kappa shape index (κ3) is 3.35. The molecule has 7 heteroatoms. The minimum atomic E-state index is -4.42. The Morgan fingerprint density at radius 3 is 2.64 bits per heavy atom. The quantitative estimate of drug-likeness (QED) is 0.666. The van der Waals surface area contributed by atoms with E-state index in [1.165, 1.54) is 12.3 Å².